The zero-order chi connectivity index (χ0) is 18.3. The second-order valence-corrected chi connectivity index (χ2v) is 7.70. The number of para-hydroxylation sites is 1. The van der Waals surface area contributed by atoms with Gasteiger partial charge in [0.15, 0.2) is 5.66 Å². The summed E-state index contributed by atoms with van der Waals surface area (Å²) < 4.78 is 6.68. The van der Waals surface area contributed by atoms with Gasteiger partial charge >= 0.3 is 0 Å². The van der Waals surface area contributed by atoms with Crippen LogP contribution in [0.1, 0.15) is 29.3 Å². The predicted molar refractivity (Wildman–Crippen MR) is 101 cm³/mol. The van der Waals surface area contributed by atoms with Gasteiger partial charge in [-0.3, -0.25) is 9.59 Å². The molecule has 4 rings (SSSR count). The number of nitrogens with zero attached hydrogens (tertiary/aromatic N) is 1. The van der Waals surface area contributed by atoms with Crippen molar-refractivity contribution in [2.45, 2.75) is 19.0 Å². The van der Waals surface area contributed by atoms with Gasteiger partial charge in [-0.05, 0) is 30.7 Å². The first kappa shape index (κ1) is 17.1. The molecule has 1 N–H and O–H groups in total. The van der Waals surface area contributed by atoms with Gasteiger partial charge in [-0.2, -0.15) is 0 Å². The van der Waals surface area contributed by atoms with Crippen molar-refractivity contribution in [2.24, 2.45) is 5.92 Å². The maximum absolute atomic E-state index is 13.0. The molecule has 1 saturated heterocycles. The Labute approximate surface area is 160 Å². The molecule has 2 aliphatic heterocycles. The normalized spacial score (nSPS) is 24.3. The number of likely N-dealkylation sites (tertiary alicyclic amines) is 1. The number of ether oxygens (including phenoxy) is 1. The van der Waals surface area contributed by atoms with E-state index < -0.39 is 5.66 Å². The molecule has 5 nitrogen and oxygen atoms in total. The fourth-order valence-corrected chi connectivity index (χ4v) is 4.08. The number of carbonyl (C=O) groups is 2. The molecule has 0 aliphatic carbocycles. The number of benzene rings is 2. The number of amides is 2. The van der Waals surface area contributed by atoms with Crippen molar-refractivity contribution in [3.8, 4) is 5.75 Å². The summed E-state index contributed by atoms with van der Waals surface area (Å²) in [6.45, 7) is 2.73. The van der Waals surface area contributed by atoms with Crippen LogP contribution in [-0.2, 0) is 10.5 Å². The van der Waals surface area contributed by atoms with Crippen LogP contribution in [0.4, 0.5) is 0 Å². The van der Waals surface area contributed by atoms with Gasteiger partial charge < -0.3 is 15.0 Å². The Hall–Kier alpha value is -2.34. The van der Waals surface area contributed by atoms with Crippen molar-refractivity contribution in [1.29, 1.82) is 0 Å². The molecule has 134 valence electrons. The van der Waals surface area contributed by atoms with Crippen LogP contribution in [0.15, 0.2) is 53.0 Å². The molecule has 2 amide bonds. The SMILES string of the molecule is CC1CCN(C2(NC(=O)c3cccc(Br)c3)COc3ccccc32)C1=O. The molecule has 0 radical (unpaired) electrons. The summed E-state index contributed by atoms with van der Waals surface area (Å²) in [4.78, 5) is 27.5. The van der Waals surface area contributed by atoms with Gasteiger partial charge in [-0.25, -0.2) is 0 Å². The van der Waals surface area contributed by atoms with E-state index in [1.54, 1.807) is 17.0 Å². The van der Waals surface area contributed by atoms with E-state index in [1.165, 1.54) is 0 Å². The molecular weight excluding hydrogens is 396 g/mol. The minimum Gasteiger partial charge on any atom is -0.488 e. The number of hydrogen-bond donors (Lipinski definition) is 1. The van der Waals surface area contributed by atoms with Crippen molar-refractivity contribution >= 4 is 27.7 Å². The lowest BCUT2D eigenvalue weighted by Gasteiger charge is -2.38. The lowest BCUT2D eigenvalue weighted by atomic mass is 9.98. The van der Waals surface area contributed by atoms with Crippen molar-refractivity contribution in [3.05, 3.63) is 64.1 Å². The maximum Gasteiger partial charge on any atom is 0.253 e. The largest absolute Gasteiger partial charge is 0.488 e. The van der Waals surface area contributed by atoms with Gasteiger partial charge in [0.2, 0.25) is 5.91 Å². The number of rotatable bonds is 3. The standard InChI is InChI=1S/C20H19BrN2O3/c1-13-9-10-23(19(13)25)20(12-26-17-8-3-2-7-16(17)20)22-18(24)14-5-4-6-15(21)11-14/h2-8,11,13H,9-10,12H2,1H3,(H,22,24). The smallest absolute Gasteiger partial charge is 0.253 e. The molecular formula is C20H19BrN2O3. The summed E-state index contributed by atoms with van der Waals surface area (Å²) in [7, 11) is 0. The summed E-state index contributed by atoms with van der Waals surface area (Å²) in [6.07, 6.45) is 0.773. The fraction of sp³-hybridized carbons (Fsp3) is 0.300. The van der Waals surface area contributed by atoms with Crippen molar-refractivity contribution in [3.63, 3.8) is 0 Å². The van der Waals surface area contributed by atoms with Gasteiger partial charge in [0.05, 0.1) is 0 Å². The number of hydrogen-bond acceptors (Lipinski definition) is 3. The van der Waals surface area contributed by atoms with Gasteiger partial charge in [-0.1, -0.05) is 47.1 Å². The Kier molecular flexibility index (Phi) is 4.23. The maximum atomic E-state index is 13.0. The predicted octanol–water partition coefficient (Wildman–Crippen LogP) is 3.29. The minimum atomic E-state index is -0.974. The molecule has 0 bridgehead atoms. The first-order valence-corrected chi connectivity index (χ1v) is 9.42. The highest BCUT2D eigenvalue weighted by Gasteiger charge is 2.51. The molecule has 2 aliphatic rings. The van der Waals surface area contributed by atoms with Gasteiger partial charge in [0.25, 0.3) is 5.91 Å². The quantitative estimate of drug-likeness (QED) is 0.837. The minimum absolute atomic E-state index is 0.0415. The molecule has 0 spiro atoms. The van der Waals surface area contributed by atoms with E-state index >= 15 is 0 Å². The highest BCUT2D eigenvalue weighted by molar-refractivity contribution is 9.10. The fourth-order valence-electron chi connectivity index (χ4n) is 3.68. The monoisotopic (exact) mass is 414 g/mol. The second kappa shape index (κ2) is 6.43. The van der Waals surface area contributed by atoms with E-state index in [0.717, 1.165) is 16.5 Å². The van der Waals surface area contributed by atoms with E-state index in [4.69, 9.17) is 4.74 Å². The summed E-state index contributed by atoms with van der Waals surface area (Å²) in [5.41, 5.74) is 0.381. The number of nitrogens with one attached hydrogen (secondary N) is 1. The molecule has 26 heavy (non-hydrogen) atoms. The third-order valence-electron chi connectivity index (χ3n) is 5.11. The number of carbonyl (C=O) groups excluding carboxylic acids is 2. The molecule has 2 heterocycles. The van der Waals surface area contributed by atoms with Crippen LogP contribution in [0.2, 0.25) is 0 Å². The van der Waals surface area contributed by atoms with Crippen LogP contribution in [0.25, 0.3) is 0 Å². The molecule has 2 unspecified atom stereocenters. The molecule has 2 aromatic rings. The second-order valence-electron chi connectivity index (χ2n) is 6.79. The van der Waals surface area contributed by atoms with Crippen LogP contribution in [0, 0.1) is 5.92 Å². The summed E-state index contributed by atoms with van der Waals surface area (Å²) in [5, 5.41) is 3.11. The van der Waals surface area contributed by atoms with E-state index in [-0.39, 0.29) is 24.3 Å². The Morgan fingerprint density at radius 1 is 1.27 bits per heavy atom. The van der Waals surface area contributed by atoms with Crippen molar-refractivity contribution in [1.82, 2.24) is 10.2 Å². The van der Waals surface area contributed by atoms with Gasteiger partial charge in [0.1, 0.15) is 12.4 Å². The Bertz CT molecular complexity index is 885. The molecule has 2 aromatic carbocycles. The zero-order valence-electron chi connectivity index (χ0n) is 14.4. The van der Waals surface area contributed by atoms with Crippen LogP contribution in [0.3, 0.4) is 0 Å². The number of fused-ring (bicyclic) bond motifs is 1. The van der Waals surface area contributed by atoms with E-state index in [2.05, 4.69) is 21.2 Å². The Balaban J connectivity index is 1.75. The van der Waals surface area contributed by atoms with E-state index in [0.29, 0.717) is 17.9 Å². The zero-order valence-corrected chi connectivity index (χ0v) is 16.0. The molecule has 6 heteroatoms. The van der Waals surface area contributed by atoms with Gasteiger partial charge in [0, 0.05) is 28.1 Å². The van der Waals surface area contributed by atoms with Crippen LogP contribution < -0.4 is 10.1 Å². The Morgan fingerprint density at radius 2 is 2.08 bits per heavy atom. The third-order valence-corrected chi connectivity index (χ3v) is 5.60. The third kappa shape index (κ3) is 2.69. The van der Waals surface area contributed by atoms with Gasteiger partial charge in [-0.15, -0.1) is 0 Å². The number of halogens is 1. The van der Waals surface area contributed by atoms with Crippen LogP contribution in [0.5, 0.6) is 5.75 Å². The Morgan fingerprint density at radius 3 is 2.81 bits per heavy atom. The molecule has 2 atom stereocenters. The highest BCUT2D eigenvalue weighted by atomic mass is 79.9. The lowest BCUT2D eigenvalue weighted by Crippen LogP contribution is -2.60. The van der Waals surface area contributed by atoms with Crippen molar-refractivity contribution in [2.75, 3.05) is 13.2 Å². The lowest BCUT2D eigenvalue weighted by molar-refractivity contribution is -0.138. The summed E-state index contributed by atoms with van der Waals surface area (Å²) >= 11 is 3.40. The topological polar surface area (TPSA) is 58.6 Å². The van der Waals surface area contributed by atoms with Crippen molar-refractivity contribution < 1.29 is 14.3 Å². The first-order chi connectivity index (χ1) is 12.5. The van der Waals surface area contributed by atoms with Crippen LogP contribution in [-0.4, -0.2) is 29.9 Å². The van der Waals surface area contributed by atoms with E-state index in [9.17, 15) is 9.59 Å². The average Bonchev–Trinajstić information content (AvgIpc) is 3.17. The van der Waals surface area contributed by atoms with E-state index in [1.807, 2.05) is 43.3 Å². The molecule has 0 aromatic heterocycles. The molecule has 0 saturated carbocycles. The van der Waals surface area contributed by atoms with Crippen LogP contribution >= 0.6 is 15.9 Å². The highest BCUT2D eigenvalue weighted by Crippen LogP contribution is 2.42. The molecule has 1 fully saturated rings. The summed E-state index contributed by atoms with van der Waals surface area (Å²) in [6, 6.07) is 14.8. The average molecular weight is 415 g/mol. The summed E-state index contributed by atoms with van der Waals surface area (Å²) in [5.74, 6) is 0.454. The first-order valence-electron chi connectivity index (χ1n) is 8.63.